The van der Waals surface area contributed by atoms with Crippen molar-refractivity contribution in [3.05, 3.63) is 237 Å². The maximum Gasteiger partial charge on any atom is 0.238 e. The Morgan fingerprint density at radius 1 is 0.290 bits per heavy atom. The average molecular weight is 898 g/mol. The number of rotatable bonds is 7. The minimum absolute atomic E-state index is 0.558. The lowest BCUT2D eigenvalue weighted by Crippen LogP contribution is -2.07. The molecule has 14 aromatic rings. The van der Waals surface area contributed by atoms with Crippen molar-refractivity contribution in [3.63, 3.8) is 0 Å². The van der Waals surface area contributed by atoms with Gasteiger partial charge in [-0.25, -0.2) is 4.98 Å². The summed E-state index contributed by atoms with van der Waals surface area (Å²) in [5.74, 6) is 1.79. The second-order valence-electron chi connectivity index (χ2n) is 17.6. The summed E-state index contributed by atoms with van der Waals surface area (Å²) >= 11 is 1.86. The van der Waals surface area contributed by atoms with Gasteiger partial charge in [-0.05, 0) is 94.5 Å². The van der Waals surface area contributed by atoms with Gasteiger partial charge in [-0.3, -0.25) is 4.57 Å². The van der Waals surface area contributed by atoms with Crippen molar-refractivity contribution in [1.29, 1.82) is 0 Å². The lowest BCUT2D eigenvalue weighted by molar-refractivity contribution is 0.954. The minimum Gasteiger partial charge on any atom is -0.309 e. The molecule has 14 rings (SSSR count). The first-order valence-electron chi connectivity index (χ1n) is 23.3. The highest BCUT2D eigenvalue weighted by Gasteiger charge is 2.23. The Kier molecular flexibility index (Phi) is 9.00. The van der Waals surface area contributed by atoms with E-state index in [1.807, 2.05) is 47.7 Å². The van der Waals surface area contributed by atoms with Crippen LogP contribution in [0.2, 0.25) is 0 Å². The summed E-state index contributed by atoms with van der Waals surface area (Å²) in [6.45, 7) is 0. The molecule has 0 N–H and O–H groups in total. The first-order valence-corrected chi connectivity index (χ1v) is 24.1. The fourth-order valence-corrected chi connectivity index (χ4v) is 11.5. The number of hydrogen-bond acceptors (Lipinski definition) is 4. The van der Waals surface area contributed by atoms with E-state index < -0.39 is 0 Å². The summed E-state index contributed by atoms with van der Waals surface area (Å²) in [4.78, 5) is 15.8. The van der Waals surface area contributed by atoms with Gasteiger partial charge >= 0.3 is 0 Å². The molecule has 0 unspecified atom stereocenters. The third kappa shape index (κ3) is 6.49. The maximum atomic E-state index is 5.33. The maximum absolute atomic E-state index is 5.33. The Labute approximate surface area is 401 Å². The summed E-state index contributed by atoms with van der Waals surface area (Å²) in [6.07, 6.45) is 0. The van der Waals surface area contributed by atoms with E-state index in [1.165, 1.54) is 42.0 Å². The third-order valence-corrected chi connectivity index (χ3v) is 14.7. The van der Waals surface area contributed by atoms with Crippen LogP contribution in [0.4, 0.5) is 0 Å². The Morgan fingerprint density at radius 3 is 1.43 bits per heavy atom. The predicted molar refractivity (Wildman–Crippen MR) is 289 cm³/mol. The van der Waals surface area contributed by atoms with Gasteiger partial charge in [0, 0.05) is 64.1 Å². The van der Waals surface area contributed by atoms with Crippen LogP contribution in [0.15, 0.2) is 237 Å². The molecule has 4 aromatic heterocycles. The van der Waals surface area contributed by atoms with E-state index in [0.29, 0.717) is 17.6 Å². The molecule has 0 amide bonds. The zero-order valence-electron chi connectivity index (χ0n) is 37.2. The largest absolute Gasteiger partial charge is 0.309 e. The van der Waals surface area contributed by atoms with Crippen LogP contribution in [0.3, 0.4) is 0 Å². The first kappa shape index (κ1) is 39.2. The number of thiophene rings is 1. The molecule has 0 saturated heterocycles. The van der Waals surface area contributed by atoms with Crippen molar-refractivity contribution in [2.45, 2.75) is 0 Å². The Bertz CT molecular complexity index is 4220. The number of nitrogens with zero attached hydrogens (tertiary/aromatic N) is 5. The normalized spacial score (nSPS) is 11.8. The second kappa shape index (κ2) is 15.8. The van der Waals surface area contributed by atoms with Crippen molar-refractivity contribution in [3.8, 4) is 67.8 Å². The molecule has 10 aromatic carbocycles. The highest BCUT2D eigenvalue weighted by atomic mass is 32.1. The fraction of sp³-hybridized carbons (Fsp3) is 0. The Balaban J connectivity index is 1.06. The van der Waals surface area contributed by atoms with E-state index in [9.17, 15) is 0 Å². The van der Waals surface area contributed by atoms with E-state index >= 15 is 0 Å². The van der Waals surface area contributed by atoms with Crippen molar-refractivity contribution >= 4 is 75.1 Å². The van der Waals surface area contributed by atoms with Crippen LogP contribution in [0, 0.1) is 0 Å². The van der Waals surface area contributed by atoms with E-state index in [1.54, 1.807) is 0 Å². The lowest BCUT2D eigenvalue weighted by Gasteiger charge is -2.14. The smallest absolute Gasteiger partial charge is 0.238 e. The molecule has 0 aliphatic carbocycles. The number of benzene rings is 10. The van der Waals surface area contributed by atoms with Gasteiger partial charge in [0.1, 0.15) is 0 Å². The van der Waals surface area contributed by atoms with Crippen LogP contribution in [0.1, 0.15) is 0 Å². The summed E-state index contributed by atoms with van der Waals surface area (Å²) < 4.78 is 7.28. The lowest BCUT2D eigenvalue weighted by atomic mass is 9.95. The Morgan fingerprint density at radius 2 is 0.797 bits per heavy atom. The molecular weight excluding hydrogens is 859 g/mol. The van der Waals surface area contributed by atoms with Gasteiger partial charge in [-0.15, -0.1) is 11.3 Å². The highest BCUT2D eigenvalue weighted by molar-refractivity contribution is 7.25. The number of para-hydroxylation sites is 1. The monoisotopic (exact) mass is 897 g/mol. The molecule has 0 spiro atoms. The summed E-state index contributed by atoms with van der Waals surface area (Å²) in [5, 5.41) is 7.27. The summed E-state index contributed by atoms with van der Waals surface area (Å²) in [7, 11) is 0. The van der Waals surface area contributed by atoms with Crippen molar-refractivity contribution in [2.75, 3.05) is 0 Å². The molecule has 0 radical (unpaired) electrons. The van der Waals surface area contributed by atoms with Gasteiger partial charge in [0.25, 0.3) is 0 Å². The van der Waals surface area contributed by atoms with Crippen LogP contribution < -0.4 is 0 Å². The first-order chi connectivity index (χ1) is 34.2. The zero-order chi connectivity index (χ0) is 45.4. The van der Waals surface area contributed by atoms with Crippen molar-refractivity contribution in [1.82, 2.24) is 24.1 Å². The molecule has 4 heterocycles. The van der Waals surface area contributed by atoms with E-state index in [0.717, 1.165) is 72.0 Å². The highest BCUT2D eigenvalue weighted by Crippen LogP contribution is 2.45. The van der Waals surface area contributed by atoms with Gasteiger partial charge in [0.15, 0.2) is 11.6 Å². The van der Waals surface area contributed by atoms with Crippen molar-refractivity contribution in [2.24, 2.45) is 0 Å². The van der Waals surface area contributed by atoms with Gasteiger partial charge in [-0.1, -0.05) is 170 Å². The minimum atomic E-state index is 0.558. The summed E-state index contributed by atoms with van der Waals surface area (Å²) in [6, 6.07) is 84.7. The topological polar surface area (TPSA) is 48.5 Å². The molecule has 0 bridgehead atoms. The molecule has 5 nitrogen and oxygen atoms in total. The third-order valence-electron chi connectivity index (χ3n) is 13.6. The number of hydrogen-bond donors (Lipinski definition) is 0. The van der Waals surface area contributed by atoms with Crippen LogP contribution in [-0.2, 0) is 0 Å². The van der Waals surface area contributed by atoms with Gasteiger partial charge < -0.3 is 4.57 Å². The number of fused-ring (bicyclic) bond motifs is 9. The van der Waals surface area contributed by atoms with Crippen LogP contribution in [-0.4, -0.2) is 24.1 Å². The second-order valence-corrected chi connectivity index (χ2v) is 18.7. The molecule has 0 fully saturated rings. The van der Waals surface area contributed by atoms with Crippen molar-refractivity contribution < 1.29 is 0 Å². The molecule has 322 valence electrons. The molecule has 0 atom stereocenters. The Hall–Kier alpha value is -8.97. The predicted octanol–water partition coefficient (Wildman–Crippen LogP) is 16.8. The van der Waals surface area contributed by atoms with Gasteiger partial charge in [0.2, 0.25) is 5.95 Å². The molecule has 69 heavy (non-hydrogen) atoms. The van der Waals surface area contributed by atoms with Gasteiger partial charge in [-0.2, -0.15) is 9.97 Å². The SMILES string of the molecule is c1ccc(-c2cc(-c3ccccc3)c3c(c2)c2cc(-c4ccc5c(c4)c4cc6c(cc4n5-c4ccccc4)sc4ccccc46)ccc2n3-c2nc(-c3ccccc3)nc(-c3ccccc3)n2)cc1. The van der Waals surface area contributed by atoms with E-state index in [2.05, 4.69) is 209 Å². The molecule has 0 saturated carbocycles. The van der Waals surface area contributed by atoms with E-state index in [4.69, 9.17) is 15.0 Å². The average Bonchev–Trinajstić information content (AvgIpc) is 4.07. The zero-order valence-corrected chi connectivity index (χ0v) is 38.0. The summed E-state index contributed by atoms with van der Waals surface area (Å²) in [5.41, 5.74) is 14.2. The van der Waals surface area contributed by atoms with Crippen LogP contribution in [0.25, 0.3) is 132 Å². The fourth-order valence-electron chi connectivity index (χ4n) is 10.3. The van der Waals surface area contributed by atoms with Crippen LogP contribution >= 0.6 is 11.3 Å². The molecule has 0 aliphatic rings. The molecule has 6 heteroatoms. The molecular formula is C63H39N5S. The van der Waals surface area contributed by atoms with Gasteiger partial charge in [0.05, 0.1) is 22.1 Å². The van der Waals surface area contributed by atoms with Crippen LogP contribution in [0.5, 0.6) is 0 Å². The number of aromatic nitrogens is 5. The quantitative estimate of drug-likeness (QED) is 0.160. The standard InChI is InChI=1S/C63H39N5S/c1-6-18-40(19-7-1)46-36-49(41-20-8-2-9-21-41)60-54(37-46)51-35-45(31-33-56(51)68(60)63-65-61(42-22-10-3-11-23-42)64-62(66-63)43-24-12-4-13-25-43)44-30-32-55-50(34-44)52-38-53-48-28-16-17-29-58(48)69-59(53)39-57(52)67(55)47-26-14-5-15-27-47/h1-39H. The molecule has 0 aliphatic heterocycles. The van der Waals surface area contributed by atoms with E-state index in [-0.39, 0.29) is 0 Å².